The molecule has 0 radical (unpaired) electrons. The lowest BCUT2D eigenvalue weighted by Gasteiger charge is -2.18. The van der Waals surface area contributed by atoms with Crippen LogP contribution in [-0.4, -0.2) is 64.6 Å². The van der Waals surface area contributed by atoms with E-state index in [1.807, 2.05) is 11.8 Å². The zero-order valence-corrected chi connectivity index (χ0v) is 16.4. The maximum absolute atomic E-state index is 11.8. The number of fused-ring (bicyclic) bond motifs is 1. The first kappa shape index (κ1) is 21.3. The summed E-state index contributed by atoms with van der Waals surface area (Å²) >= 11 is 1.84. The van der Waals surface area contributed by atoms with Crippen molar-refractivity contribution in [1.82, 2.24) is 21.3 Å². The number of carboxylic acid groups (broad SMARTS) is 1. The molecule has 0 saturated carbocycles. The van der Waals surface area contributed by atoms with Crippen LogP contribution in [-0.2, 0) is 14.4 Å². The Bertz CT molecular complexity index is 586. The molecule has 9 nitrogen and oxygen atoms in total. The lowest BCUT2D eigenvalue weighted by Crippen LogP contribution is -2.48. The normalized spacial score (nSPS) is 24.7. The van der Waals surface area contributed by atoms with Crippen LogP contribution in [0, 0.1) is 5.92 Å². The first-order valence-corrected chi connectivity index (χ1v) is 10.3. The Morgan fingerprint density at radius 3 is 2.63 bits per heavy atom. The molecule has 2 fully saturated rings. The van der Waals surface area contributed by atoms with Gasteiger partial charge < -0.3 is 26.4 Å². The van der Waals surface area contributed by atoms with Gasteiger partial charge in [0, 0.05) is 17.4 Å². The van der Waals surface area contributed by atoms with Crippen LogP contribution in [0.1, 0.15) is 39.5 Å². The van der Waals surface area contributed by atoms with Gasteiger partial charge in [0.2, 0.25) is 11.8 Å². The molecule has 2 rings (SSSR count). The van der Waals surface area contributed by atoms with Crippen LogP contribution in [0.4, 0.5) is 4.79 Å². The number of aliphatic carboxylic acids is 1. The van der Waals surface area contributed by atoms with Crippen LogP contribution < -0.4 is 21.3 Å². The Hall–Kier alpha value is -1.97. The summed E-state index contributed by atoms with van der Waals surface area (Å²) in [5.74, 6) is -1.16. The van der Waals surface area contributed by atoms with E-state index in [2.05, 4.69) is 21.3 Å². The van der Waals surface area contributed by atoms with Gasteiger partial charge in [0.15, 0.2) is 0 Å². The van der Waals surface area contributed by atoms with Crippen LogP contribution >= 0.6 is 11.8 Å². The van der Waals surface area contributed by atoms with Crippen molar-refractivity contribution in [3.05, 3.63) is 0 Å². The second-order valence-electron chi connectivity index (χ2n) is 7.27. The minimum atomic E-state index is -1.09. The molecule has 0 spiro atoms. The van der Waals surface area contributed by atoms with E-state index in [4.69, 9.17) is 5.11 Å². The number of unbranched alkanes of at least 4 members (excludes halogenated alkanes) is 1. The summed E-state index contributed by atoms with van der Waals surface area (Å²) < 4.78 is 0. The van der Waals surface area contributed by atoms with E-state index < -0.39 is 17.9 Å². The fourth-order valence-corrected chi connectivity index (χ4v) is 4.82. The van der Waals surface area contributed by atoms with Crippen molar-refractivity contribution in [3.8, 4) is 0 Å². The highest BCUT2D eigenvalue weighted by Crippen LogP contribution is 2.33. The van der Waals surface area contributed by atoms with Crippen molar-refractivity contribution >= 4 is 35.6 Å². The quantitative estimate of drug-likeness (QED) is 0.260. The van der Waals surface area contributed by atoms with E-state index in [1.54, 1.807) is 13.8 Å². The minimum Gasteiger partial charge on any atom is -0.480 e. The highest BCUT2D eigenvalue weighted by atomic mass is 32.2. The van der Waals surface area contributed by atoms with E-state index in [-0.39, 0.29) is 36.5 Å². The van der Waals surface area contributed by atoms with Crippen molar-refractivity contribution in [2.24, 2.45) is 5.92 Å². The predicted molar refractivity (Wildman–Crippen MR) is 101 cm³/mol. The number of hydrogen-bond acceptors (Lipinski definition) is 5. The van der Waals surface area contributed by atoms with Gasteiger partial charge in [-0.25, -0.2) is 9.59 Å². The summed E-state index contributed by atoms with van der Waals surface area (Å²) in [5.41, 5.74) is 0. The molecule has 0 aliphatic carbocycles. The van der Waals surface area contributed by atoms with E-state index in [0.29, 0.717) is 18.1 Å². The molecular formula is C17H28N4O5S. The van der Waals surface area contributed by atoms with Crippen LogP contribution in [0.5, 0.6) is 0 Å². The molecule has 4 amide bonds. The van der Waals surface area contributed by atoms with E-state index in [1.165, 1.54) is 0 Å². The smallest absolute Gasteiger partial charge is 0.326 e. The third-order valence-electron chi connectivity index (χ3n) is 4.78. The van der Waals surface area contributed by atoms with Crippen molar-refractivity contribution in [1.29, 1.82) is 0 Å². The van der Waals surface area contributed by atoms with E-state index >= 15 is 0 Å². The van der Waals surface area contributed by atoms with Crippen LogP contribution in [0.2, 0.25) is 0 Å². The molecule has 0 aromatic heterocycles. The third kappa shape index (κ3) is 6.30. The molecular weight excluding hydrogens is 372 g/mol. The summed E-state index contributed by atoms with van der Waals surface area (Å²) in [6.07, 6.45) is 2.81. The number of carbonyl (C=O) groups is 4. The fraction of sp³-hybridized carbons (Fsp3) is 0.765. The average Bonchev–Trinajstić information content (AvgIpc) is 3.13. The SMILES string of the molecule is CC(C)[C@H](NC(=O)CNC(=O)CCCC[C@@H]1SC[C@@H]2NC(=O)N[C@@H]21)C(=O)O. The zero-order valence-electron chi connectivity index (χ0n) is 15.6. The molecule has 2 heterocycles. The lowest BCUT2D eigenvalue weighted by molar-refractivity contribution is -0.143. The topological polar surface area (TPSA) is 137 Å². The number of hydrogen-bond donors (Lipinski definition) is 5. The maximum Gasteiger partial charge on any atom is 0.326 e. The Labute approximate surface area is 162 Å². The van der Waals surface area contributed by atoms with Gasteiger partial charge in [0.25, 0.3) is 0 Å². The van der Waals surface area contributed by atoms with Crippen molar-refractivity contribution in [2.75, 3.05) is 12.3 Å². The van der Waals surface area contributed by atoms with Crippen molar-refractivity contribution in [2.45, 2.75) is 62.9 Å². The molecule has 152 valence electrons. The van der Waals surface area contributed by atoms with Gasteiger partial charge in [0.05, 0.1) is 18.6 Å². The summed E-state index contributed by atoms with van der Waals surface area (Å²) in [6.45, 7) is 3.18. The van der Waals surface area contributed by atoms with Gasteiger partial charge in [-0.2, -0.15) is 11.8 Å². The second-order valence-corrected chi connectivity index (χ2v) is 8.54. The van der Waals surface area contributed by atoms with Crippen LogP contribution in [0.25, 0.3) is 0 Å². The van der Waals surface area contributed by atoms with E-state index in [9.17, 15) is 19.2 Å². The molecule has 2 aliphatic heterocycles. The molecule has 0 unspecified atom stereocenters. The van der Waals surface area contributed by atoms with Crippen LogP contribution in [0.15, 0.2) is 0 Å². The summed E-state index contributed by atoms with van der Waals surface area (Å²) in [7, 11) is 0. The standard InChI is InChI=1S/C17H28N4O5S/c1-9(2)14(16(24)25)20-13(23)7-18-12(22)6-4-3-5-11-15-10(8-27-11)19-17(26)21-15/h9-11,14-15H,3-8H2,1-2H3,(H,18,22)(H,20,23)(H,24,25)(H2,19,21,26)/t10-,11-,14-,15-/m0/s1. The zero-order chi connectivity index (χ0) is 20.0. The van der Waals surface area contributed by atoms with Gasteiger partial charge in [-0.15, -0.1) is 0 Å². The number of urea groups is 1. The molecule has 10 heteroatoms. The van der Waals surface area contributed by atoms with Gasteiger partial charge in [0.1, 0.15) is 6.04 Å². The number of amides is 4. The number of thioether (sulfide) groups is 1. The van der Waals surface area contributed by atoms with E-state index in [0.717, 1.165) is 18.6 Å². The van der Waals surface area contributed by atoms with Crippen LogP contribution in [0.3, 0.4) is 0 Å². The molecule has 2 saturated heterocycles. The number of nitrogens with one attached hydrogen (secondary N) is 4. The summed E-state index contributed by atoms with van der Waals surface area (Å²) in [5, 5.41) is 20.2. The second kappa shape index (κ2) is 9.82. The maximum atomic E-state index is 11.8. The number of carbonyl (C=O) groups excluding carboxylic acids is 3. The number of carboxylic acids is 1. The molecule has 0 bridgehead atoms. The summed E-state index contributed by atoms with van der Waals surface area (Å²) in [6, 6.07) is -0.693. The number of rotatable bonds is 10. The van der Waals surface area contributed by atoms with Crippen molar-refractivity contribution in [3.63, 3.8) is 0 Å². The highest BCUT2D eigenvalue weighted by molar-refractivity contribution is 8.00. The fourth-order valence-electron chi connectivity index (χ4n) is 3.28. The third-order valence-corrected chi connectivity index (χ3v) is 6.28. The molecule has 0 aromatic carbocycles. The predicted octanol–water partition coefficient (Wildman–Crippen LogP) is 0.0538. The Balaban J connectivity index is 1.58. The lowest BCUT2D eigenvalue weighted by atomic mass is 10.0. The molecule has 0 aromatic rings. The molecule has 4 atom stereocenters. The Kier molecular flexibility index (Phi) is 7.76. The largest absolute Gasteiger partial charge is 0.480 e. The summed E-state index contributed by atoms with van der Waals surface area (Å²) in [4.78, 5) is 46.0. The van der Waals surface area contributed by atoms with Gasteiger partial charge in [-0.1, -0.05) is 20.3 Å². The average molecular weight is 401 g/mol. The monoisotopic (exact) mass is 400 g/mol. The first-order chi connectivity index (χ1) is 12.8. The van der Waals surface area contributed by atoms with Crippen molar-refractivity contribution < 1.29 is 24.3 Å². The highest BCUT2D eigenvalue weighted by Gasteiger charge is 2.42. The minimum absolute atomic E-state index is 0.101. The van der Waals surface area contributed by atoms with Gasteiger partial charge in [-0.05, 0) is 18.8 Å². The van der Waals surface area contributed by atoms with Gasteiger partial charge >= 0.3 is 12.0 Å². The first-order valence-electron chi connectivity index (χ1n) is 9.25. The molecule has 27 heavy (non-hydrogen) atoms. The molecule has 5 N–H and O–H groups in total. The van der Waals surface area contributed by atoms with Gasteiger partial charge in [-0.3, -0.25) is 9.59 Å². The Morgan fingerprint density at radius 2 is 1.96 bits per heavy atom. The Morgan fingerprint density at radius 1 is 1.22 bits per heavy atom. The molecule has 2 aliphatic rings.